The summed E-state index contributed by atoms with van der Waals surface area (Å²) < 4.78 is 0. The van der Waals surface area contributed by atoms with Crippen LogP contribution in [0.25, 0.3) is 21.5 Å². The van der Waals surface area contributed by atoms with Crippen molar-refractivity contribution in [2.45, 2.75) is 20.3 Å². The average molecular weight is 513 g/mol. The molecular formula is C27H28N8O3. The molecule has 0 saturated carbocycles. The molecule has 38 heavy (non-hydrogen) atoms. The average Bonchev–Trinajstić information content (AvgIpc) is 3.59. The molecule has 0 radical (unpaired) electrons. The number of nitrogens with two attached hydrogens (primary N) is 1. The van der Waals surface area contributed by atoms with Crippen molar-refractivity contribution in [1.82, 2.24) is 20.2 Å². The number of hydrazine groups is 1. The fourth-order valence-corrected chi connectivity index (χ4v) is 4.99. The molecule has 0 saturated heterocycles. The maximum atomic E-state index is 12.5. The molecule has 3 aromatic carbocycles. The van der Waals surface area contributed by atoms with Gasteiger partial charge in [-0.05, 0) is 27.1 Å². The van der Waals surface area contributed by atoms with Crippen LogP contribution in [0.4, 0.5) is 4.79 Å². The third kappa shape index (κ3) is 4.48. The van der Waals surface area contributed by atoms with Crippen LogP contribution >= 0.6 is 0 Å². The highest BCUT2D eigenvalue weighted by Gasteiger charge is 2.29. The summed E-state index contributed by atoms with van der Waals surface area (Å²) in [5.41, 5.74) is 4.04. The van der Waals surface area contributed by atoms with Crippen LogP contribution in [0.2, 0.25) is 0 Å². The zero-order valence-corrected chi connectivity index (χ0v) is 21.2. The summed E-state index contributed by atoms with van der Waals surface area (Å²) in [5, 5.41) is 9.51. The highest BCUT2D eigenvalue weighted by molar-refractivity contribution is 6.17. The Morgan fingerprint density at radius 2 is 1.53 bits per heavy atom. The lowest BCUT2D eigenvalue weighted by molar-refractivity contribution is -0.127. The van der Waals surface area contributed by atoms with E-state index in [0.29, 0.717) is 38.4 Å². The third-order valence-corrected chi connectivity index (χ3v) is 6.71. The maximum absolute atomic E-state index is 12.5. The summed E-state index contributed by atoms with van der Waals surface area (Å²) in [5.74, 6) is 5.71. The molecule has 0 atom stereocenters. The van der Waals surface area contributed by atoms with Crippen molar-refractivity contribution in [3.05, 3.63) is 59.7 Å². The topological polar surface area (TPSA) is 136 Å². The first-order chi connectivity index (χ1) is 18.4. The minimum absolute atomic E-state index is 0.199. The highest BCUT2D eigenvalue weighted by Crippen LogP contribution is 2.33. The van der Waals surface area contributed by atoms with Crippen molar-refractivity contribution in [3.8, 4) is 0 Å². The number of guanidine groups is 1. The van der Waals surface area contributed by atoms with Gasteiger partial charge in [-0.15, -0.1) is 0 Å². The highest BCUT2D eigenvalue weighted by atomic mass is 16.2. The molecule has 3 aromatic rings. The van der Waals surface area contributed by atoms with Gasteiger partial charge >= 0.3 is 6.03 Å². The number of fused-ring (bicyclic) bond motifs is 2. The summed E-state index contributed by atoms with van der Waals surface area (Å²) in [6, 6.07) is 15.5. The molecular weight excluding hydrogens is 484 g/mol. The molecule has 5 rings (SSSR count). The van der Waals surface area contributed by atoms with E-state index in [0.717, 1.165) is 32.7 Å². The molecule has 11 nitrogen and oxygen atoms in total. The molecule has 0 unspecified atom stereocenters. The second-order valence-corrected chi connectivity index (χ2v) is 8.99. The largest absolute Gasteiger partial charge is 0.336 e. The number of amides is 4. The molecule has 0 aliphatic carbocycles. The lowest BCUT2D eigenvalue weighted by atomic mass is 9.90. The molecule has 2 aliphatic heterocycles. The van der Waals surface area contributed by atoms with Crippen molar-refractivity contribution in [2.24, 2.45) is 20.9 Å². The standard InChI is InChI=1S/C27H28N8O3/c1-17(36)33-13-12-30-26(33)35(18(2)37)31-16-24-21-9-5-3-7-19(21)23(20-8-4-6-10-22(20)24)15-25-29-11-14-34(25)27(38)32-28/h3-10,16H,11-15,28H2,1-2H3,(H,32,38). The summed E-state index contributed by atoms with van der Waals surface area (Å²) in [4.78, 5) is 48.9. The molecule has 0 bridgehead atoms. The van der Waals surface area contributed by atoms with Gasteiger partial charge in [-0.3, -0.25) is 29.8 Å². The van der Waals surface area contributed by atoms with Crippen LogP contribution in [0.15, 0.2) is 63.6 Å². The van der Waals surface area contributed by atoms with Gasteiger partial charge < -0.3 is 0 Å². The van der Waals surface area contributed by atoms with Crippen LogP contribution in [0.5, 0.6) is 0 Å². The number of hydrogen-bond acceptors (Lipinski definition) is 7. The van der Waals surface area contributed by atoms with Crippen molar-refractivity contribution in [3.63, 3.8) is 0 Å². The van der Waals surface area contributed by atoms with Crippen molar-refractivity contribution in [2.75, 3.05) is 26.2 Å². The predicted molar refractivity (Wildman–Crippen MR) is 147 cm³/mol. The van der Waals surface area contributed by atoms with Crippen LogP contribution < -0.4 is 11.3 Å². The molecule has 3 N–H and O–H groups in total. The van der Waals surface area contributed by atoms with E-state index in [1.165, 1.54) is 23.8 Å². The lowest BCUT2D eigenvalue weighted by Crippen LogP contribution is -2.45. The Kier molecular flexibility index (Phi) is 6.84. The van der Waals surface area contributed by atoms with E-state index in [9.17, 15) is 14.4 Å². The summed E-state index contributed by atoms with van der Waals surface area (Å²) in [7, 11) is 0. The Morgan fingerprint density at radius 1 is 0.947 bits per heavy atom. The van der Waals surface area contributed by atoms with Gasteiger partial charge in [-0.2, -0.15) is 10.1 Å². The number of carbonyl (C=O) groups is 3. The number of carbonyl (C=O) groups excluding carboxylic acids is 3. The van der Waals surface area contributed by atoms with Crippen LogP contribution in [0.1, 0.15) is 25.0 Å². The second kappa shape index (κ2) is 10.4. The quantitative estimate of drug-likeness (QED) is 0.182. The molecule has 194 valence electrons. The zero-order chi connectivity index (χ0) is 26.8. The number of hydrazone groups is 1. The van der Waals surface area contributed by atoms with Gasteiger partial charge in [0.2, 0.25) is 17.8 Å². The van der Waals surface area contributed by atoms with Gasteiger partial charge in [0.25, 0.3) is 0 Å². The van der Waals surface area contributed by atoms with E-state index in [4.69, 9.17) is 5.84 Å². The van der Waals surface area contributed by atoms with Crippen molar-refractivity contribution < 1.29 is 14.4 Å². The minimum Gasteiger partial charge on any atom is -0.279 e. The van der Waals surface area contributed by atoms with Gasteiger partial charge in [-0.1, -0.05) is 48.5 Å². The van der Waals surface area contributed by atoms with Crippen molar-refractivity contribution in [1.29, 1.82) is 0 Å². The first-order valence-corrected chi connectivity index (χ1v) is 12.3. The Hall–Kier alpha value is -4.64. The van der Waals surface area contributed by atoms with E-state index >= 15 is 0 Å². The van der Waals surface area contributed by atoms with Crippen LogP contribution in [0.3, 0.4) is 0 Å². The number of aliphatic imine (C=N–C) groups is 2. The zero-order valence-electron chi connectivity index (χ0n) is 21.2. The van der Waals surface area contributed by atoms with Gasteiger partial charge in [0.05, 0.1) is 19.3 Å². The Balaban J connectivity index is 1.63. The molecule has 2 heterocycles. The number of urea groups is 1. The van der Waals surface area contributed by atoms with Crippen LogP contribution in [0, 0.1) is 0 Å². The molecule has 4 amide bonds. The first kappa shape index (κ1) is 25.0. The van der Waals surface area contributed by atoms with E-state index < -0.39 is 6.03 Å². The van der Waals surface area contributed by atoms with Gasteiger partial charge in [0.15, 0.2) is 0 Å². The number of nitrogens with zero attached hydrogens (tertiary/aromatic N) is 6. The van der Waals surface area contributed by atoms with E-state index in [-0.39, 0.29) is 17.8 Å². The third-order valence-electron chi connectivity index (χ3n) is 6.71. The normalized spacial score (nSPS) is 15.3. The SMILES string of the molecule is CC(=O)N1CCN=C1N(N=Cc1c2ccccc2c(CC2=NCCN2C(=O)NN)c2ccccc12)C(C)=O. The molecule has 0 spiro atoms. The molecule has 0 aromatic heterocycles. The van der Waals surface area contributed by atoms with Gasteiger partial charge in [0, 0.05) is 38.9 Å². The Morgan fingerprint density at radius 3 is 2.11 bits per heavy atom. The fraction of sp³-hybridized carbons (Fsp3) is 0.259. The number of amidine groups is 1. The summed E-state index contributed by atoms with van der Waals surface area (Å²) in [6.45, 7) is 4.65. The van der Waals surface area contributed by atoms with Gasteiger partial charge in [0.1, 0.15) is 5.84 Å². The van der Waals surface area contributed by atoms with E-state index in [2.05, 4.69) is 20.5 Å². The van der Waals surface area contributed by atoms with Crippen LogP contribution in [-0.2, 0) is 16.0 Å². The van der Waals surface area contributed by atoms with Gasteiger partial charge in [-0.25, -0.2) is 15.6 Å². The minimum atomic E-state index is -0.391. The van der Waals surface area contributed by atoms with E-state index in [1.807, 2.05) is 48.5 Å². The summed E-state index contributed by atoms with van der Waals surface area (Å²) >= 11 is 0. The number of benzene rings is 3. The number of hydrogen-bond donors (Lipinski definition) is 2. The summed E-state index contributed by atoms with van der Waals surface area (Å²) in [6.07, 6.45) is 2.09. The van der Waals surface area contributed by atoms with Crippen molar-refractivity contribution >= 4 is 57.4 Å². The lowest BCUT2D eigenvalue weighted by Gasteiger charge is -2.23. The fourth-order valence-electron chi connectivity index (χ4n) is 4.99. The number of rotatable bonds is 4. The molecule has 11 heteroatoms. The Labute approximate surface area is 219 Å². The first-order valence-electron chi connectivity index (χ1n) is 12.3. The number of nitrogens with one attached hydrogen (secondary N) is 1. The monoisotopic (exact) mass is 512 g/mol. The smallest absolute Gasteiger partial charge is 0.279 e. The Bertz CT molecular complexity index is 1490. The van der Waals surface area contributed by atoms with E-state index in [1.54, 1.807) is 11.1 Å². The maximum Gasteiger partial charge on any atom is 0.336 e. The molecule has 0 fully saturated rings. The predicted octanol–water partition coefficient (Wildman–Crippen LogP) is 2.23. The molecule has 2 aliphatic rings. The van der Waals surface area contributed by atoms with Crippen LogP contribution in [-0.4, -0.2) is 76.8 Å². The second-order valence-electron chi connectivity index (χ2n) is 8.99.